The highest BCUT2D eigenvalue weighted by Gasteiger charge is 2.00. The van der Waals surface area contributed by atoms with Crippen LogP contribution in [0.25, 0.3) is 0 Å². The molecule has 1 unspecified atom stereocenters. The van der Waals surface area contributed by atoms with E-state index in [2.05, 4.69) is 0 Å². The SMILES string of the molecule is Cc1ccc(C(N)O)cc1C. The summed E-state index contributed by atoms with van der Waals surface area (Å²) in [5, 5.41) is 9.02. The van der Waals surface area contributed by atoms with Crippen LogP contribution in [0.5, 0.6) is 0 Å². The summed E-state index contributed by atoms with van der Waals surface area (Å²) in [5.74, 6) is 0. The largest absolute Gasteiger partial charge is 0.375 e. The number of nitrogens with two attached hydrogens (primary N) is 1. The molecule has 1 aromatic rings. The molecule has 0 saturated heterocycles. The molecule has 60 valence electrons. The van der Waals surface area contributed by atoms with Gasteiger partial charge in [-0.3, -0.25) is 0 Å². The second-order valence-electron chi connectivity index (χ2n) is 2.79. The number of aliphatic hydroxyl groups excluding tert-OH is 1. The molecule has 0 heterocycles. The monoisotopic (exact) mass is 151 g/mol. The van der Waals surface area contributed by atoms with E-state index in [0.717, 1.165) is 11.1 Å². The average molecular weight is 151 g/mol. The Kier molecular flexibility index (Phi) is 2.27. The summed E-state index contributed by atoms with van der Waals surface area (Å²) in [4.78, 5) is 0. The highest BCUT2D eigenvalue weighted by Crippen LogP contribution is 2.12. The second-order valence-corrected chi connectivity index (χ2v) is 2.79. The van der Waals surface area contributed by atoms with Gasteiger partial charge in [-0.1, -0.05) is 18.2 Å². The van der Waals surface area contributed by atoms with Crippen molar-refractivity contribution < 1.29 is 5.11 Å². The van der Waals surface area contributed by atoms with E-state index in [0.29, 0.717) is 0 Å². The summed E-state index contributed by atoms with van der Waals surface area (Å²) in [7, 11) is 0. The van der Waals surface area contributed by atoms with Crippen molar-refractivity contribution in [3.05, 3.63) is 34.9 Å². The Morgan fingerprint density at radius 1 is 1.27 bits per heavy atom. The summed E-state index contributed by atoms with van der Waals surface area (Å²) in [6.45, 7) is 4.03. The van der Waals surface area contributed by atoms with Gasteiger partial charge in [0.05, 0.1) is 0 Å². The van der Waals surface area contributed by atoms with E-state index in [1.165, 1.54) is 5.56 Å². The molecular formula is C9H13NO. The van der Waals surface area contributed by atoms with E-state index < -0.39 is 6.23 Å². The van der Waals surface area contributed by atoms with Crippen LogP contribution in [0.15, 0.2) is 18.2 Å². The molecule has 0 fully saturated rings. The maximum atomic E-state index is 9.02. The normalized spacial score (nSPS) is 13.1. The molecule has 2 nitrogen and oxygen atoms in total. The van der Waals surface area contributed by atoms with E-state index >= 15 is 0 Å². The van der Waals surface area contributed by atoms with Crippen molar-refractivity contribution in [1.82, 2.24) is 0 Å². The van der Waals surface area contributed by atoms with Crippen LogP contribution in [-0.2, 0) is 0 Å². The Bertz CT molecular complexity index is 256. The van der Waals surface area contributed by atoms with Crippen molar-refractivity contribution in [2.75, 3.05) is 0 Å². The summed E-state index contributed by atoms with van der Waals surface area (Å²) >= 11 is 0. The lowest BCUT2D eigenvalue weighted by atomic mass is 10.1. The molecule has 0 amide bonds. The van der Waals surface area contributed by atoms with Crippen LogP contribution in [0.4, 0.5) is 0 Å². The minimum atomic E-state index is -0.853. The zero-order chi connectivity index (χ0) is 8.43. The van der Waals surface area contributed by atoms with Gasteiger partial charge in [0, 0.05) is 0 Å². The third-order valence-corrected chi connectivity index (χ3v) is 1.87. The Morgan fingerprint density at radius 2 is 1.91 bits per heavy atom. The van der Waals surface area contributed by atoms with Gasteiger partial charge in [-0.25, -0.2) is 0 Å². The van der Waals surface area contributed by atoms with Crippen LogP contribution in [-0.4, -0.2) is 5.11 Å². The highest BCUT2D eigenvalue weighted by atomic mass is 16.3. The van der Waals surface area contributed by atoms with Gasteiger partial charge in [0.25, 0.3) is 0 Å². The molecule has 0 aliphatic heterocycles. The molecule has 1 aromatic carbocycles. The number of aliphatic hydroxyl groups is 1. The quantitative estimate of drug-likeness (QED) is 0.593. The smallest absolute Gasteiger partial charge is 0.128 e. The van der Waals surface area contributed by atoms with Gasteiger partial charge in [0.15, 0.2) is 0 Å². The molecule has 2 heteroatoms. The number of hydrogen-bond donors (Lipinski definition) is 2. The first kappa shape index (κ1) is 8.24. The fourth-order valence-corrected chi connectivity index (χ4v) is 0.949. The van der Waals surface area contributed by atoms with E-state index in [9.17, 15) is 0 Å². The van der Waals surface area contributed by atoms with Gasteiger partial charge in [-0.15, -0.1) is 0 Å². The lowest BCUT2D eigenvalue weighted by Gasteiger charge is -2.06. The maximum absolute atomic E-state index is 9.02. The van der Waals surface area contributed by atoms with E-state index in [-0.39, 0.29) is 0 Å². The Labute approximate surface area is 66.7 Å². The molecule has 3 N–H and O–H groups in total. The molecule has 0 saturated carbocycles. The minimum Gasteiger partial charge on any atom is -0.375 e. The highest BCUT2D eigenvalue weighted by molar-refractivity contribution is 5.30. The minimum absolute atomic E-state index is 0.771. The number of benzene rings is 1. The van der Waals surface area contributed by atoms with Crippen LogP contribution in [0, 0.1) is 13.8 Å². The van der Waals surface area contributed by atoms with Crippen molar-refractivity contribution in [1.29, 1.82) is 0 Å². The molecule has 11 heavy (non-hydrogen) atoms. The van der Waals surface area contributed by atoms with Crippen molar-refractivity contribution in [2.24, 2.45) is 5.73 Å². The molecular weight excluding hydrogens is 138 g/mol. The van der Waals surface area contributed by atoms with E-state index in [1.807, 2.05) is 32.0 Å². The van der Waals surface area contributed by atoms with Gasteiger partial charge in [0.1, 0.15) is 6.23 Å². The zero-order valence-electron chi connectivity index (χ0n) is 6.83. The van der Waals surface area contributed by atoms with Gasteiger partial charge in [-0.2, -0.15) is 0 Å². The van der Waals surface area contributed by atoms with Crippen molar-refractivity contribution in [2.45, 2.75) is 20.1 Å². The van der Waals surface area contributed by atoms with E-state index in [1.54, 1.807) is 0 Å². The standard InChI is InChI=1S/C9H13NO/c1-6-3-4-8(9(10)11)5-7(6)2/h3-5,9,11H,10H2,1-2H3. The molecule has 0 aliphatic rings. The van der Waals surface area contributed by atoms with Crippen LogP contribution in [0.1, 0.15) is 22.9 Å². The summed E-state index contributed by atoms with van der Waals surface area (Å²) in [6, 6.07) is 5.70. The first-order chi connectivity index (χ1) is 5.11. The van der Waals surface area contributed by atoms with E-state index in [4.69, 9.17) is 10.8 Å². The van der Waals surface area contributed by atoms with Crippen LogP contribution >= 0.6 is 0 Å². The molecule has 0 aromatic heterocycles. The molecule has 0 bridgehead atoms. The predicted octanol–water partition coefficient (Wildman–Crippen LogP) is 1.25. The zero-order valence-corrected chi connectivity index (χ0v) is 6.83. The van der Waals surface area contributed by atoms with Crippen molar-refractivity contribution in [3.8, 4) is 0 Å². The summed E-state index contributed by atoms with van der Waals surface area (Å²) in [5.41, 5.74) is 8.44. The maximum Gasteiger partial charge on any atom is 0.128 e. The number of aryl methyl sites for hydroxylation is 2. The van der Waals surface area contributed by atoms with Crippen LogP contribution in [0.2, 0.25) is 0 Å². The Balaban J connectivity index is 3.05. The van der Waals surface area contributed by atoms with Crippen molar-refractivity contribution in [3.63, 3.8) is 0 Å². The average Bonchev–Trinajstić information content (AvgIpc) is 1.94. The lowest BCUT2D eigenvalue weighted by molar-refractivity contribution is 0.186. The van der Waals surface area contributed by atoms with Gasteiger partial charge in [0.2, 0.25) is 0 Å². The Hall–Kier alpha value is -0.860. The lowest BCUT2D eigenvalue weighted by Crippen LogP contribution is -2.08. The third kappa shape index (κ3) is 1.79. The first-order valence-corrected chi connectivity index (χ1v) is 3.62. The molecule has 0 aliphatic carbocycles. The van der Waals surface area contributed by atoms with Crippen LogP contribution < -0.4 is 5.73 Å². The van der Waals surface area contributed by atoms with Gasteiger partial charge >= 0.3 is 0 Å². The molecule has 0 spiro atoms. The summed E-state index contributed by atoms with van der Waals surface area (Å²) in [6.07, 6.45) is -0.853. The number of hydrogen-bond acceptors (Lipinski definition) is 2. The fourth-order valence-electron chi connectivity index (χ4n) is 0.949. The van der Waals surface area contributed by atoms with Crippen LogP contribution in [0.3, 0.4) is 0 Å². The molecule has 1 rings (SSSR count). The predicted molar refractivity (Wildman–Crippen MR) is 45.1 cm³/mol. The van der Waals surface area contributed by atoms with Gasteiger partial charge in [-0.05, 0) is 30.5 Å². The second kappa shape index (κ2) is 3.03. The van der Waals surface area contributed by atoms with Gasteiger partial charge < -0.3 is 10.8 Å². The number of rotatable bonds is 1. The summed E-state index contributed by atoms with van der Waals surface area (Å²) < 4.78 is 0. The third-order valence-electron chi connectivity index (χ3n) is 1.87. The Morgan fingerprint density at radius 3 is 2.36 bits per heavy atom. The molecule has 1 atom stereocenters. The topological polar surface area (TPSA) is 46.2 Å². The fraction of sp³-hybridized carbons (Fsp3) is 0.333. The first-order valence-electron chi connectivity index (χ1n) is 3.62. The molecule has 0 radical (unpaired) electrons. The van der Waals surface area contributed by atoms with Crippen molar-refractivity contribution >= 4 is 0 Å².